The fourth-order valence-electron chi connectivity index (χ4n) is 3.97. The summed E-state index contributed by atoms with van der Waals surface area (Å²) in [5.41, 5.74) is 1.91. The number of hydrogen-bond acceptors (Lipinski definition) is 5. The van der Waals surface area contributed by atoms with Crippen LogP contribution in [0.25, 0.3) is 0 Å². The van der Waals surface area contributed by atoms with Crippen molar-refractivity contribution in [2.24, 2.45) is 5.41 Å². The molecule has 2 saturated heterocycles. The third-order valence-corrected chi connectivity index (χ3v) is 6.01. The summed E-state index contributed by atoms with van der Waals surface area (Å²) in [4.78, 5) is 3.92. The molecule has 1 aromatic carbocycles. The number of likely N-dealkylation sites (tertiary alicyclic amines) is 1. The number of nitrogens with one attached hydrogen (secondary N) is 1. The van der Waals surface area contributed by atoms with E-state index in [0.29, 0.717) is 18.6 Å². The molecule has 3 aliphatic heterocycles. The van der Waals surface area contributed by atoms with Gasteiger partial charge in [-0.25, -0.2) is 0 Å². The van der Waals surface area contributed by atoms with Crippen molar-refractivity contribution in [3.05, 3.63) is 17.7 Å². The average molecular weight is 320 g/mol. The Labute approximate surface area is 136 Å². The third kappa shape index (κ3) is 2.70. The molecule has 22 heavy (non-hydrogen) atoms. The first kappa shape index (κ1) is 14.7. The molecule has 0 aromatic heterocycles. The second-order valence-electron chi connectivity index (χ2n) is 6.70. The molecule has 3 heterocycles. The van der Waals surface area contributed by atoms with Gasteiger partial charge in [0.05, 0.1) is 0 Å². The van der Waals surface area contributed by atoms with E-state index in [1.54, 1.807) is 11.8 Å². The van der Waals surface area contributed by atoms with Crippen LogP contribution in [0.3, 0.4) is 0 Å². The molecule has 4 rings (SSSR count). The van der Waals surface area contributed by atoms with E-state index in [9.17, 15) is 0 Å². The predicted octanol–water partition coefficient (Wildman–Crippen LogP) is 2.37. The van der Waals surface area contributed by atoms with E-state index in [4.69, 9.17) is 9.47 Å². The van der Waals surface area contributed by atoms with Crippen LogP contribution in [0.2, 0.25) is 0 Å². The summed E-state index contributed by atoms with van der Waals surface area (Å²) in [5, 5.41) is 3.54. The van der Waals surface area contributed by atoms with Gasteiger partial charge in [-0.2, -0.15) is 0 Å². The minimum atomic E-state index is 0.535. The summed E-state index contributed by atoms with van der Waals surface area (Å²) >= 11 is 1.80. The molecule has 3 aliphatic rings. The molecule has 0 radical (unpaired) electrons. The van der Waals surface area contributed by atoms with Crippen LogP contribution in [0.1, 0.15) is 18.4 Å². The molecule has 120 valence electrons. The summed E-state index contributed by atoms with van der Waals surface area (Å²) in [6.45, 7) is 7.15. The molecule has 1 atom stereocenters. The summed E-state index contributed by atoms with van der Waals surface area (Å²) in [7, 11) is 0. The van der Waals surface area contributed by atoms with Crippen molar-refractivity contribution in [3.8, 4) is 11.5 Å². The maximum atomic E-state index is 5.76. The van der Waals surface area contributed by atoms with Gasteiger partial charge >= 0.3 is 0 Å². The maximum Gasteiger partial charge on any atom is 0.162 e. The molecule has 0 aliphatic carbocycles. The standard InChI is InChI=1S/C17H24N2O2S/c1-22-16-9-15-14(20-6-7-21-15)8-13(16)10-19-5-3-17(12-19)2-4-18-11-17/h8-9,18H,2-7,10-12H2,1H3. The van der Waals surface area contributed by atoms with Gasteiger partial charge in [0.2, 0.25) is 0 Å². The lowest BCUT2D eigenvalue weighted by molar-refractivity contribution is 0.170. The van der Waals surface area contributed by atoms with Crippen molar-refractivity contribution in [3.63, 3.8) is 0 Å². The highest BCUT2D eigenvalue weighted by molar-refractivity contribution is 7.98. The van der Waals surface area contributed by atoms with Crippen molar-refractivity contribution in [2.75, 3.05) is 45.6 Å². The highest BCUT2D eigenvalue weighted by Gasteiger charge is 2.40. The number of nitrogens with zero attached hydrogens (tertiary/aromatic N) is 1. The topological polar surface area (TPSA) is 33.7 Å². The van der Waals surface area contributed by atoms with Crippen LogP contribution < -0.4 is 14.8 Å². The van der Waals surface area contributed by atoms with Crippen molar-refractivity contribution >= 4 is 11.8 Å². The van der Waals surface area contributed by atoms with Crippen LogP contribution in [0.5, 0.6) is 11.5 Å². The monoisotopic (exact) mass is 320 g/mol. The van der Waals surface area contributed by atoms with Crippen LogP contribution in [0.15, 0.2) is 17.0 Å². The smallest absolute Gasteiger partial charge is 0.162 e. The van der Waals surface area contributed by atoms with E-state index in [0.717, 1.165) is 18.0 Å². The fourth-order valence-corrected chi connectivity index (χ4v) is 4.58. The second kappa shape index (κ2) is 5.95. The lowest BCUT2D eigenvalue weighted by atomic mass is 9.86. The highest BCUT2D eigenvalue weighted by Crippen LogP contribution is 2.40. The van der Waals surface area contributed by atoms with Gasteiger partial charge in [0.1, 0.15) is 13.2 Å². The van der Waals surface area contributed by atoms with Gasteiger partial charge in [-0.05, 0) is 55.3 Å². The molecule has 1 spiro atoms. The molecule has 5 heteroatoms. The number of fused-ring (bicyclic) bond motifs is 1. The number of ether oxygens (including phenoxy) is 2. The van der Waals surface area contributed by atoms with Gasteiger partial charge in [0.25, 0.3) is 0 Å². The Balaban J connectivity index is 1.52. The molecular weight excluding hydrogens is 296 g/mol. The predicted molar refractivity (Wildman–Crippen MR) is 89.0 cm³/mol. The molecule has 1 N–H and O–H groups in total. The lowest BCUT2D eigenvalue weighted by Crippen LogP contribution is -2.29. The Kier molecular flexibility index (Phi) is 3.96. The van der Waals surface area contributed by atoms with E-state index in [2.05, 4.69) is 28.6 Å². The third-order valence-electron chi connectivity index (χ3n) is 5.19. The first-order chi connectivity index (χ1) is 10.8. The van der Waals surface area contributed by atoms with E-state index in [-0.39, 0.29) is 0 Å². The van der Waals surface area contributed by atoms with Crippen LogP contribution in [-0.2, 0) is 6.54 Å². The van der Waals surface area contributed by atoms with Gasteiger partial charge in [0.15, 0.2) is 11.5 Å². The van der Waals surface area contributed by atoms with Gasteiger partial charge in [-0.1, -0.05) is 0 Å². The molecule has 0 saturated carbocycles. The largest absolute Gasteiger partial charge is 0.486 e. The first-order valence-electron chi connectivity index (χ1n) is 8.18. The Bertz CT molecular complexity index is 558. The van der Waals surface area contributed by atoms with Crippen LogP contribution in [-0.4, -0.2) is 50.5 Å². The van der Waals surface area contributed by atoms with E-state index in [1.165, 1.54) is 49.5 Å². The average Bonchev–Trinajstić information content (AvgIpc) is 3.17. The molecule has 0 bridgehead atoms. The zero-order chi connectivity index (χ0) is 15.0. The van der Waals surface area contributed by atoms with Gasteiger partial charge < -0.3 is 14.8 Å². The molecule has 4 nitrogen and oxygen atoms in total. The Morgan fingerprint density at radius 2 is 2.05 bits per heavy atom. The summed E-state index contributed by atoms with van der Waals surface area (Å²) in [6, 6.07) is 4.34. The van der Waals surface area contributed by atoms with Crippen molar-refractivity contribution < 1.29 is 9.47 Å². The first-order valence-corrected chi connectivity index (χ1v) is 9.40. The van der Waals surface area contributed by atoms with Crippen molar-refractivity contribution in [1.29, 1.82) is 0 Å². The minimum Gasteiger partial charge on any atom is -0.486 e. The van der Waals surface area contributed by atoms with Crippen molar-refractivity contribution in [1.82, 2.24) is 10.2 Å². The van der Waals surface area contributed by atoms with E-state index >= 15 is 0 Å². The Morgan fingerprint density at radius 3 is 2.77 bits per heavy atom. The summed E-state index contributed by atoms with van der Waals surface area (Å²) in [6.07, 6.45) is 4.81. The number of thioether (sulfide) groups is 1. The Morgan fingerprint density at radius 1 is 1.23 bits per heavy atom. The van der Waals surface area contributed by atoms with Gasteiger partial charge in [-0.15, -0.1) is 11.8 Å². The van der Waals surface area contributed by atoms with E-state index in [1.807, 2.05) is 0 Å². The number of hydrogen-bond donors (Lipinski definition) is 1. The zero-order valence-corrected chi connectivity index (χ0v) is 14.0. The van der Waals surface area contributed by atoms with Crippen LogP contribution in [0, 0.1) is 5.41 Å². The Hall–Kier alpha value is -0.910. The summed E-state index contributed by atoms with van der Waals surface area (Å²) in [5.74, 6) is 1.81. The van der Waals surface area contributed by atoms with E-state index < -0.39 is 0 Å². The zero-order valence-electron chi connectivity index (χ0n) is 13.2. The molecule has 2 fully saturated rings. The minimum absolute atomic E-state index is 0.535. The normalized spacial score (nSPS) is 27.7. The fraction of sp³-hybridized carbons (Fsp3) is 0.647. The second-order valence-corrected chi connectivity index (χ2v) is 7.54. The molecule has 1 aromatic rings. The van der Waals surface area contributed by atoms with Gasteiger partial charge in [0, 0.05) is 24.5 Å². The maximum absolute atomic E-state index is 5.76. The number of benzene rings is 1. The van der Waals surface area contributed by atoms with Gasteiger partial charge in [-0.3, -0.25) is 4.90 Å². The quantitative estimate of drug-likeness (QED) is 0.865. The SMILES string of the molecule is CSc1cc2c(cc1CN1CCC3(CCNC3)C1)OCCO2. The van der Waals surface area contributed by atoms with Crippen molar-refractivity contribution in [2.45, 2.75) is 24.3 Å². The van der Waals surface area contributed by atoms with Crippen LogP contribution >= 0.6 is 11.8 Å². The number of rotatable bonds is 3. The molecule has 1 unspecified atom stereocenters. The molecule has 0 amide bonds. The summed E-state index contributed by atoms with van der Waals surface area (Å²) < 4.78 is 11.5. The highest BCUT2D eigenvalue weighted by atomic mass is 32.2. The lowest BCUT2D eigenvalue weighted by Gasteiger charge is -2.25. The van der Waals surface area contributed by atoms with Crippen LogP contribution in [0.4, 0.5) is 0 Å². The molecular formula is C17H24N2O2S.